The van der Waals surface area contributed by atoms with Crippen LogP contribution in [0.5, 0.6) is 0 Å². The van der Waals surface area contributed by atoms with Crippen LogP contribution in [0.2, 0.25) is 0 Å². The van der Waals surface area contributed by atoms with Gasteiger partial charge in [0.1, 0.15) is 5.82 Å². The molecule has 23 heavy (non-hydrogen) atoms. The van der Waals surface area contributed by atoms with Crippen molar-refractivity contribution in [1.82, 2.24) is 24.8 Å². The first-order chi connectivity index (χ1) is 11.1. The first-order valence-corrected chi connectivity index (χ1v) is 9.42. The lowest BCUT2D eigenvalue weighted by Gasteiger charge is -2.37. The first-order valence-electron chi connectivity index (χ1n) is 8.63. The number of rotatable bonds is 5. The lowest BCUT2D eigenvalue weighted by Crippen LogP contribution is -2.50. The second-order valence-electron chi connectivity index (χ2n) is 6.37. The number of pyridine rings is 1. The topological polar surface area (TPSA) is 46.0 Å². The number of nitrogens with zero attached hydrogens (tertiary/aromatic N) is 4. The van der Waals surface area contributed by atoms with E-state index in [1.54, 1.807) is 0 Å². The van der Waals surface area contributed by atoms with Crippen LogP contribution in [0.25, 0.3) is 11.2 Å². The van der Waals surface area contributed by atoms with Gasteiger partial charge in [-0.15, -0.1) is 0 Å². The van der Waals surface area contributed by atoms with E-state index in [0.29, 0.717) is 12.1 Å². The summed E-state index contributed by atoms with van der Waals surface area (Å²) in [6, 6.07) is 3.04. The molecule has 0 aromatic carbocycles. The molecule has 126 valence electrons. The van der Waals surface area contributed by atoms with Crippen LogP contribution in [0.4, 0.5) is 0 Å². The van der Waals surface area contributed by atoms with Gasteiger partial charge in [-0.3, -0.25) is 4.90 Å². The molecule has 0 radical (unpaired) electrons. The average molecular weight is 380 g/mol. The number of halogens is 1. The van der Waals surface area contributed by atoms with E-state index in [0.717, 1.165) is 54.7 Å². The summed E-state index contributed by atoms with van der Waals surface area (Å²) in [5.74, 6) is 1.17. The zero-order valence-corrected chi connectivity index (χ0v) is 15.8. The Bertz CT molecular complexity index is 668. The second-order valence-corrected chi connectivity index (χ2v) is 7.28. The Balaban J connectivity index is 2.03. The number of imidazole rings is 1. The minimum absolute atomic E-state index is 0.373. The third kappa shape index (κ3) is 3.44. The van der Waals surface area contributed by atoms with Gasteiger partial charge in [-0.2, -0.15) is 0 Å². The largest absolute Gasteiger partial charge is 0.326 e. The summed E-state index contributed by atoms with van der Waals surface area (Å²) in [6.45, 7) is 10.8. The standard InChI is InChI=1S/C17H26BrN5/c1-4-6-14(22-8-7-19-12(3)11-22)17-21-16-15(23(17)5-2)9-13(18)10-20-16/h9-10,12,14,19H,4-8,11H2,1-3H3/t12-,14+/m0/s1. The van der Waals surface area contributed by atoms with Gasteiger partial charge in [0.15, 0.2) is 5.65 Å². The van der Waals surface area contributed by atoms with Gasteiger partial charge in [-0.1, -0.05) is 13.3 Å². The number of piperazine rings is 1. The monoisotopic (exact) mass is 379 g/mol. The molecule has 1 aliphatic heterocycles. The molecule has 1 N–H and O–H groups in total. The summed E-state index contributed by atoms with van der Waals surface area (Å²) in [6.07, 6.45) is 4.13. The van der Waals surface area contributed by atoms with Crippen molar-refractivity contribution in [3.05, 3.63) is 22.6 Å². The van der Waals surface area contributed by atoms with Crippen LogP contribution in [0.3, 0.4) is 0 Å². The van der Waals surface area contributed by atoms with Gasteiger partial charge >= 0.3 is 0 Å². The van der Waals surface area contributed by atoms with Gasteiger partial charge in [0, 0.05) is 42.9 Å². The van der Waals surface area contributed by atoms with Crippen LogP contribution >= 0.6 is 15.9 Å². The summed E-state index contributed by atoms with van der Waals surface area (Å²) >= 11 is 3.53. The Hall–Kier alpha value is -0.980. The summed E-state index contributed by atoms with van der Waals surface area (Å²) in [5.41, 5.74) is 1.98. The molecule has 1 saturated heterocycles. The van der Waals surface area contributed by atoms with E-state index >= 15 is 0 Å². The number of hydrogen-bond donors (Lipinski definition) is 1. The smallest absolute Gasteiger partial charge is 0.178 e. The van der Waals surface area contributed by atoms with E-state index < -0.39 is 0 Å². The van der Waals surface area contributed by atoms with E-state index in [-0.39, 0.29) is 0 Å². The molecule has 5 nitrogen and oxygen atoms in total. The van der Waals surface area contributed by atoms with Crippen molar-refractivity contribution >= 4 is 27.1 Å². The number of hydrogen-bond acceptors (Lipinski definition) is 4. The fourth-order valence-electron chi connectivity index (χ4n) is 3.58. The molecular weight excluding hydrogens is 354 g/mol. The molecule has 0 unspecified atom stereocenters. The molecule has 1 aliphatic rings. The highest BCUT2D eigenvalue weighted by Crippen LogP contribution is 2.29. The molecule has 3 heterocycles. The molecule has 0 bridgehead atoms. The van der Waals surface area contributed by atoms with Crippen LogP contribution in [0.15, 0.2) is 16.7 Å². The lowest BCUT2D eigenvalue weighted by atomic mass is 10.1. The molecule has 0 aliphatic carbocycles. The SMILES string of the molecule is CCC[C@H](c1nc2ncc(Br)cc2n1CC)N1CCN[C@@H](C)C1. The highest BCUT2D eigenvalue weighted by atomic mass is 79.9. The number of nitrogens with one attached hydrogen (secondary N) is 1. The third-order valence-corrected chi connectivity index (χ3v) is 5.05. The highest BCUT2D eigenvalue weighted by molar-refractivity contribution is 9.10. The van der Waals surface area contributed by atoms with Gasteiger partial charge in [-0.05, 0) is 42.3 Å². The summed E-state index contributed by atoms with van der Waals surface area (Å²) in [7, 11) is 0. The zero-order valence-electron chi connectivity index (χ0n) is 14.2. The Kier molecular flexibility index (Phi) is 5.34. The van der Waals surface area contributed by atoms with E-state index in [4.69, 9.17) is 4.98 Å². The predicted molar refractivity (Wildman–Crippen MR) is 97.6 cm³/mol. The molecule has 0 spiro atoms. The second kappa shape index (κ2) is 7.28. The van der Waals surface area contributed by atoms with Crippen molar-refractivity contribution in [2.75, 3.05) is 19.6 Å². The first kappa shape index (κ1) is 16.9. The van der Waals surface area contributed by atoms with Crippen molar-refractivity contribution in [3.63, 3.8) is 0 Å². The number of aryl methyl sites for hydroxylation is 1. The van der Waals surface area contributed by atoms with E-state index in [2.05, 4.69) is 62.5 Å². The molecule has 0 saturated carbocycles. The minimum Gasteiger partial charge on any atom is -0.326 e. The predicted octanol–water partition coefficient (Wildman–Crippen LogP) is 3.35. The maximum absolute atomic E-state index is 4.91. The molecule has 0 amide bonds. The molecular formula is C17H26BrN5. The fraction of sp³-hybridized carbons (Fsp3) is 0.647. The maximum atomic E-state index is 4.91. The normalized spacial score (nSPS) is 21.0. The van der Waals surface area contributed by atoms with E-state index in [1.807, 2.05) is 6.20 Å². The van der Waals surface area contributed by atoms with Crippen molar-refractivity contribution in [2.45, 2.75) is 52.2 Å². The molecule has 3 rings (SSSR count). The molecule has 6 heteroatoms. The molecule has 2 aromatic rings. The maximum Gasteiger partial charge on any atom is 0.178 e. The summed E-state index contributed by atoms with van der Waals surface area (Å²) in [4.78, 5) is 12.0. The van der Waals surface area contributed by atoms with Crippen LogP contribution < -0.4 is 5.32 Å². The van der Waals surface area contributed by atoms with Crippen molar-refractivity contribution in [3.8, 4) is 0 Å². The Labute approximate surface area is 146 Å². The summed E-state index contributed by atoms with van der Waals surface area (Å²) < 4.78 is 3.34. The fourth-order valence-corrected chi connectivity index (χ4v) is 3.90. The van der Waals surface area contributed by atoms with Crippen molar-refractivity contribution < 1.29 is 0 Å². The van der Waals surface area contributed by atoms with Gasteiger partial charge in [0.25, 0.3) is 0 Å². The van der Waals surface area contributed by atoms with Gasteiger partial charge in [-0.25, -0.2) is 9.97 Å². The lowest BCUT2D eigenvalue weighted by molar-refractivity contribution is 0.133. The van der Waals surface area contributed by atoms with Gasteiger partial charge in [0.05, 0.1) is 11.6 Å². The summed E-state index contributed by atoms with van der Waals surface area (Å²) in [5, 5.41) is 3.54. The van der Waals surface area contributed by atoms with E-state index in [9.17, 15) is 0 Å². The quantitative estimate of drug-likeness (QED) is 0.864. The van der Waals surface area contributed by atoms with Crippen LogP contribution in [-0.2, 0) is 6.54 Å². The van der Waals surface area contributed by atoms with Crippen molar-refractivity contribution in [2.24, 2.45) is 0 Å². The molecule has 2 atom stereocenters. The molecule has 2 aromatic heterocycles. The van der Waals surface area contributed by atoms with E-state index in [1.165, 1.54) is 5.82 Å². The molecule has 1 fully saturated rings. The Morgan fingerprint density at radius 3 is 2.96 bits per heavy atom. The van der Waals surface area contributed by atoms with Gasteiger partial charge in [0.2, 0.25) is 0 Å². The average Bonchev–Trinajstić information content (AvgIpc) is 2.89. The third-order valence-electron chi connectivity index (χ3n) is 4.62. The Morgan fingerprint density at radius 2 is 2.26 bits per heavy atom. The Morgan fingerprint density at radius 1 is 1.43 bits per heavy atom. The number of fused-ring (bicyclic) bond motifs is 1. The minimum atomic E-state index is 0.373. The van der Waals surface area contributed by atoms with Crippen LogP contribution in [0.1, 0.15) is 45.5 Å². The van der Waals surface area contributed by atoms with Crippen molar-refractivity contribution in [1.29, 1.82) is 0 Å². The van der Waals surface area contributed by atoms with Crippen LogP contribution in [-0.4, -0.2) is 45.1 Å². The highest BCUT2D eigenvalue weighted by Gasteiger charge is 2.28. The zero-order chi connectivity index (χ0) is 16.4. The van der Waals surface area contributed by atoms with Gasteiger partial charge < -0.3 is 9.88 Å². The number of aromatic nitrogens is 3. The van der Waals surface area contributed by atoms with Crippen LogP contribution in [0, 0.1) is 0 Å².